The Hall–Kier alpha value is -2.87. The molecule has 1 atom stereocenters. The number of nitrogens with one attached hydrogen (secondary N) is 2. The molecule has 1 fully saturated rings. The van der Waals surface area contributed by atoms with Crippen molar-refractivity contribution in [3.8, 4) is 17.2 Å². The number of rotatable bonds is 5. The smallest absolute Gasteiger partial charge is 0.340 e. The second-order valence-corrected chi connectivity index (χ2v) is 6.41. The molecule has 3 heterocycles. The molecule has 8 heteroatoms. The van der Waals surface area contributed by atoms with Crippen LogP contribution in [0.5, 0.6) is 5.75 Å². The van der Waals surface area contributed by atoms with Crippen molar-refractivity contribution in [2.45, 2.75) is 32.4 Å². The number of nitrogens with zero attached hydrogens (tertiary/aromatic N) is 3. The summed E-state index contributed by atoms with van der Waals surface area (Å²) in [4.78, 5) is 21.1. The largest absolute Gasteiger partial charge is 0.496 e. The number of methoxy groups -OCH3 is 1. The lowest BCUT2D eigenvalue weighted by atomic mass is 10.2. The fourth-order valence-electron chi connectivity index (χ4n) is 3.47. The van der Waals surface area contributed by atoms with E-state index in [1.54, 1.807) is 7.11 Å². The summed E-state index contributed by atoms with van der Waals surface area (Å²) in [7, 11) is 1.63. The van der Waals surface area contributed by atoms with Crippen molar-refractivity contribution in [1.29, 1.82) is 0 Å². The number of aromatic amines is 2. The minimum Gasteiger partial charge on any atom is -0.496 e. The summed E-state index contributed by atoms with van der Waals surface area (Å²) in [5, 5.41) is 6.54. The molecule has 2 aromatic heterocycles. The van der Waals surface area contributed by atoms with Gasteiger partial charge in [0.15, 0.2) is 0 Å². The average molecular weight is 355 g/mol. The predicted molar refractivity (Wildman–Crippen MR) is 94.8 cm³/mol. The van der Waals surface area contributed by atoms with E-state index in [9.17, 15) is 4.79 Å². The molecule has 1 aromatic carbocycles. The maximum absolute atomic E-state index is 11.4. The van der Waals surface area contributed by atoms with Crippen LogP contribution in [0.25, 0.3) is 11.5 Å². The first kappa shape index (κ1) is 16.6. The number of ether oxygens (including phenoxy) is 1. The van der Waals surface area contributed by atoms with E-state index < -0.39 is 0 Å². The molecular weight excluding hydrogens is 334 g/mol. The van der Waals surface area contributed by atoms with Gasteiger partial charge in [0.2, 0.25) is 5.89 Å². The topological polar surface area (TPSA) is 100 Å². The summed E-state index contributed by atoms with van der Waals surface area (Å²) in [5.74, 6) is 2.75. The summed E-state index contributed by atoms with van der Waals surface area (Å²) in [6, 6.07) is 7.75. The van der Waals surface area contributed by atoms with Crippen molar-refractivity contribution in [2.24, 2.45) is 0 Å². The third-order valence-corrected chi connectivity index (χ3v) is 4.78. The average Bonchev–Trinajstić information content (AvgIpc) is 3.36. The van der Waals surface area contributed by atoms with E-state index in [2.05, 4.69) is 20.1 Å². The molecule has 1 aliphatic heterocycles. The lowest BCUT2D eigenvalue weighted by Gasteiger charge is -2.21. The summed E-state index contributed by atoms with van der Waals surface area (Å²) >= 11 is 0. The SMILES string of the molecule is COc1ccccc1-c1nc(CN2CCC[C@@H]2c2n[nH]c(=O)[nH]2)c(C)o1. The van der Waals surface area contributed by atoms with Gasteiger partial charge in [-0.15, -0.1) is 0 Å². The van der Waals surface area contributed by atoms with Crippen molar-refractivity contribution in [2.75, 3.05) is 13.7 Å². The molecule has 0 bridgehead atoms. The van der Waals surface area contributed by atoms with Crippen LogP contribution in [0.4, 0.5) is 0 Å². The first-order valence-electron chi connectivity index (χ1n) is 8.64. The number of para-hydroxylation sites is 1. The molecule has 1 saturated heterocycles. The number of hydrogen-bond acceptors (Lipinski definition) is 6. The van der Waals surface area contributed by atoms with Crippen LogP contribution in [-0.4, -0.2) is 38.7 Å². The molecular formula is C18H21N5O3. The Morgan fingerprint density at radius 1 is 1.38 bits per heavy atom. The molecule has 0 saturated carbocycles. The highest BCUT2D eigenvalue weighted by Crippen LogP contribution is 2.33. The van der Waals surface area contributed by atoms with Gasteiger partial charge in [0.25, 0.3) is 0 Å². The van der Waals surface area contributed by atoms with E-state index in [0.29, 0.717) is 18.3 Å². The molecule has 3 aromatic rings. The van der Waals surface area contributed by atoms with Crippen LogP contribution in [0.15, 0.2) is 33.5 Å². The summed E-state index contributed by atoms with van der Waals surface area (Å²) < 4.78 is 11.3. The van der Waals surface area contributed by atoms with Crippen LogP contribution >= 0.6 is 0 Å². The molecule has 0 unspecified atom stereocenters. The van der Waals surface area contributed by atoms with E-state index in [1.807, 2.05) is 31.2 Å². The number of H-pyrrole nitrogens is 2. The van der Waals surface area contributed by atoms with Crippen LogP contribution in [0.2, 0.25) is 0 Å². The second kappa shape index (κ2) is 6.80. The lowest BCUT2D eigenvalue weighted by molar-refractivity contribution is 0.236. The van der Waals surface area contributed by atoms with Crippen LogP contribution in [0, 0.1) is 6.92 Å². The molecule has 8 nitrogen and oxygen atoms in total. The maximum Gasteiger partial charge on any atom is 0.340 e. The number of oxazole rings is 1. The minimum atomic E-state index is -0.275. The summed E-state index contributed by atoms with van der Waals surface area (Å²) in [6.07, 6.45) is 2.01. The number of benzene rings is 1. The first-order valence-corrected chi connectivity index (χ1v) is 8.64. The zero-order chi connectivity index (χ0) is 18.1. The van der Waals surface area contributed by atoms with Gasteiger partial charge in [-0.2, -0.15) is 5.10 Å². The van der Waals surface area contributed by atoms with Gasteiger partial charge in [0.1, 0.15) is 17.3 Å². The highest BCUT2D eigenvalue weighted by atomic mass is 16.5. The maximum atomic E-state index is 11.4. The van der Waals surface area contributed by atoms with Crippen molar-refractivity contribution < 1.29 is 9.15 Å². The fourth-order valence-corrected chi connectivity index (χ4v) is 3.47. The minimum absolute atomic E-state index is 0.0831. The molecule has 1 aliphatic rings. The number of aromatic nitrogens is 4. The quantitative estimate of drug-likeness (QED) is 0.729. The molecule has 4 rings (SSSR count). The number of hydrogen-bond donors (Lipinski definition) is 2. The summed E-state index contributed by atoms with van der Waals surface area (Å²) in [6.45, 7) is 3.49. The van der Waals surface area contributed by atoms with Crippen molar-refractivity contribution in [3.05, 3.63) is 52.0 Å². The molecule has 0 amide bonds. The van der Waals surface area contributed by atoms with Gasteiger partial charge < -0.3 is 9.15 Å². The van der Waals surface area contributed by atoms with Gasteiger partial charge in [-0.25, -0.2) is 14.9 Å². The van der Waals surface area contributed by atoms with Crippen molar-refractivity contribution in [3.63, 3.8) is 0 Å². The van der Waals surface area contributed by atoms with Crippen LogP contribution < -0.4 is 10.4 Å². The zero-order valence-electron chi connectivity index (χ0n) is 14.8. The lowest BCUT2D eigenvalue weighted by Crippen LogP contribution is -2.24. The Kier molecular flexibility index (Phi) is 4.34. The molecule has 26 heavy (non-hydrogen) atoms. The van der Waals surface area contributed by atoms with Gasteiger partial charge in [0.05, 0.1) is 24.4 Å². The van der Waals surface area contributed by atoms with Gasteiger partial charge in [-0.3, -0.25) is 9.88 Å². The standard InChI is InChI=1S/C18H21N5O3/c1-11-13(19-17(26-11)12-6-3-4-8-15(12)25-2)10-23-9-5-7-14(23)16-20-18(24)22-21-16/h3-4,6,8,14H,5,7,9-10H2,1-2H3,(H2,20,21,22,24)/t14-/m1/s1. The van der Waals surface area contributed by atoms with Gasteiger partial charge in [-0.05, 0) is 38.4 Å². The second-order valence-electron chi connectivity index (χ2n) is 6.41. The zero-order valence-corrected chi connectivity index (χ0v) is 14.8. The molecule has 0 radical (unpaired) electrons. The van der Waals surface area contributed by atoms with Gasteiger partial charge in [0, 0.05) is 6.54 Å². The van der Waals surface area contributed by atoms with Crippen LogP contribution in [0.1, 0.15) is 36.2 Å². The van der Waals surface area contributed by atoms with E-state index in [4.69, 9.17) is 14.1 Å². The Labute approximate surface area is 150 Å². The highest BCUT2D eigenvalue weighted by molar-refractivity contribution is 5.62. The van der Waals surface area contributed by atoms with Crippen molar-refractivity contribution >= 4 is 0 Å². The predicted octanol–water partition coefficient (Wildman–Crippen LogP) is 2.41. The highest BCUT2D eigenvalue weighted by Gasteiger charge is 2.30. The van der Waals surface area contributed by atoms with E-state index in [-0.39, 0.29) is 11.7 Å². The van der Waals surface area contributed by atoms with Crippen LogP contribution in [0.3, 0.4) is 0 Å². The summed E-state index contributed by atoms with van der Waals surface area (Å²) in [5.41, 5.74) is 1.44. The molecule has 2 N–H and O–H groups in total. The van der Waals surface area contributed by atoms with E-state index in [0.717, 1.165) is 42.2 Å². The molecule has 0 aliphatic carbocycles. The Morgan fingerprint density at radius 3 is 3.00 bits per heavy atom. The van der Waals surface area contributed by atoms with E-state index >= 15 is 0 Å². The Bertz CT molecular complexity index is 958. The fraction of sp³-hybridized carbons (Fsp3) is 0.389. The van der Waals surface area contributed by atoms with Gasteiger partial charge in [-0.1, -0.05) is 12.1 Å². The van der Waals surface area contributed by atoms with Crippen molar-refractivity contribution in [1.82, 2.24) is 25.1 Å². The monoisotopic (exact) mass is 355 g/mol. The molecule has 0 spiro atoms. The number of likely N-dealkylation sites (tertiary alicyclic amines) is 1. The third-order valence-electron chi connectivity index (χ3n) is 4.78. The first-order chi connectivity index (χ1) is 12.7. The Morgan fingerprint density at radius 2 is 2.23 bits per heavy atom. The molecule has 136 valence electrons. The normalized spacial score (nSPS) is 17.7. The third kappa shape index (κ3) is 3.03. The van der Waals surface area contributed by atoms with Crippen LogP contribution in [-0.2, 0) is 6.54 Å². The van der Waals surface area contributed by atoms with Gasteiger partial charge >= 0.3 is 5.69 Å². The van der Waals surface area contributed by atoms with E-state index in [1.165, 1.54) is 0 Å². The number of aryl methyl sites for hydroxylation is 1. The Balaban J connectivity index is 1.59.